The fourth-order valence-electron chi connectivity index (χ4n) is 2.30. The normalized spacial score (nSPS) is 37.0. The largest absolute Gasteiger partial charge is 0.284 e. The van der Waals surface area contributed by atoms with Gasteiger partial charge in [0.05, 0.1) is 0 Å². The Balaban J connectivity index is 3.07. The molecule has 13 heavy (non-hydrogen) atoms. The molecule has 1 heteroatoms. The summed E-state index contributed by atoms with van der Waals surface area (Å²) in [6.07, 6.45) is 7.25. The molecule has 0 aliphatic heterocycles. The molecule has 0 aromatic rings. The van der Waals surface area contributed by atoms with Gasteiger partial charge in [-0.2, -0.15) is 0 Å². The Labute approximate surface area is 80.9 Å². The second-order valence-corrected chi connectivity index (χ2v) is 4.97. The van der Waals surface area contributed by atoms with Gasteiger partial charge in [0.1, 0.15) is 0 Å². The number of hydrogen-bond acceptors (Lipinski definition) is 1. The van der Waals surface area contributed by atoms with E-state index in [-0.39, 0.29) is 16.6 Å². The zero-order chi connectivity index (χ0) is 10.3. The van der Waals surface area contributed by atoms with Gasteiger partial charge in [-0.15, -0.1) is 6.42 Å². The van der Waals surface area contributed by atoms with Gasteiger partial charge in [0, 0.05) is 5.41 Å². The van der Waals surface area contributed by atoms with Gasteiger partial charge in [-0.3, -0.25) is 4.79 Å². The minimum atomic E-state index is -0.304. The molecule has 2 atom stereocenters. The zero-order valence-electron chi connectivity index (χ0n) is 8.98. The molecule has 0 aromatic heterocycles. The maximum absolute atomic E-state index is 11.7. The third-order valence-electron chi connectivity index (χ3n) is 4.36. The number of carbonyl (C=O) groups excluding carboxylic acids is 1. The highest BCUT2D eigenvalue weighted by Gasteiger charge is 2.53. The zero-order valence-corrected chi connectivity index (χ0v) is 8.98. The maximum atomic E-state index is 11.7. The van der Waals surface area contributed by atoms with E-state index in [4.69, 9.17) is 6.42 Å². The van der Waals surface area contributed by atoms with E-state index in [1.807, 2.05) is 6.92 Å². The summed E-state index contributed by atoms with van der Waals surface area (Å²) in [4.78, 5) is 11.7. The van der Waals surface area contributed by atoms with Crippen LogP contribution in [0.3, 0.4) is 0 Å². The molecule has 1 rings (SSSR count). The van der Waals surface area contributed by atoms with Gasteiger partial charge in [0.2, 0.25) is 5.78 Å². The lowest BCUT2D eigenvalue weighted by Crippen LogP contribution is -2.39. The number of rotatable bonds is 1. The molecule has 0 heterocycles. The summed E-state index contributed by atoms with van der Waals surface area (Å²) < 4.78 is 0. The predicted octanol–water partition coefficient (Wildman–Crippen LogP) is 2.65. The number of carbonyl (C=O) groups is 1. The van der Waals surface area contributed by atoms with Crippen molar-refractivity contribution in [3.63, 3.8) is 0 Å². The van der Waals surface area contributed by atoms with Crippen molar-refractivity contribution in [1.29, 1.82) is 0 Å². The van der Waals surface area contributed by atoms with Crippen molar-refractivity contribution in [3.8, 4) is 12.3 Å². The minimum absolute atomic E-state index is 0.0261. The lowest BCUT2D eigenvalue weighted by Gasteiger charge is -2.38. The van der Waals surface area contributed by atoms with Crippen molar-refractivity contribution in [2.24, 2.45) is 16.7 Å². The maximum Gasteiger partial charge on any atom is 0.211 e. The molecule has 72 valence electrons. The van der Waals surface area contributed by atoms with E-state index in [1.54, 1.807) is 0 Å². The summed E-state index contributed by atoms with van der Waals surface area (Å²) >= 11 is 0. The third kappa shape index (κ3) is 1.20. The van der Waals surface area contributed by atoms with Crippen molar-refractivity contribution in [2.45, 2.75) is 40.5 Å². The summed E-state index contributed by atoms with van der Waals surface area (Å²) in [5.41, 5.74) is -0.266. The number of Topliss-reactive ketones (excluding diaryl/α,β-unsaturated/α-hetero) is 1. The Morgan fingerprint density at radius 3 is 2.31 bits per heavy atom. The highest BCUT2D eigenvalue weighted by Crippen LogP contribution is 2.55. The van der Waals surface area contributed by atoms with Gasteiger partial charge in [-0.1, -0.05) is 27.7 Å². The van der Waals surface area contributed by atoms with Crippen molar-refractivity contribution < 1.29 is 4.79 Å². The fourth-order valence-corrected chi connectivity index (χ4v) is 2.30. The summed E-state index contributed by atoms with van der Waals surface area (Å²) in [5, 5.41) is 0. The van der Waals surface area contributed by atoms with Crippen LogP contribution in [0, 0.1) is 29.1 Å². The highest BCUT2D eigenvalue weighted by atomic mass is 16.1. The van der Waals surface area contributed by atoms with Gasteiger partial charge >= 0.3 is 0 Å². The van der Waals surface area contributed by atoms with Gasteiger partial charge in [0.15, 0.2) is 0 Å². The molecule has 0 unspecified atom stereocenters. The molecule has 0 spiro atoms. The number of terminal acetylenes is 1. The molecule has 1 aliphatic carbocycles. The summed E-state index contributed by atoms with van der Waals surface area (Å²) in [6, 6.07) is 0. The summed E-state index contributed by atoms with van der Waals surface area (Å²) in [5.74, 6) is 2.84. The standard InChI is InChI=1S/C12H18O/c1-6-10(13)12(5)8-7-9(2)11(12,3)4/h1,9H,7-8H2,2-5H3/t9-,12-/m0/s1. The first-order valence-corrected chi connectivity index (χ1v) is 4.87. The molecule has 1 nitrogen and oxygen atoms in total. The first kappa shape index (κ1) is 10.3. The average molecular weight is 178 g/mol. The van der Waals surface area contributed by atoms with Gasteiger partial charge in [0.25, 0.3) is 0 Å². The van der Waals surface area contributed by atoms with Crippen molar-refractivity contribution in [2.75, 3.05) is 0 Å². The van der Waals surface area contributed by atoms with Gasteiger partial charge in [-0.25, -0.2) is 0 Å². The van der Waals surface area contributed by atoms with Crippen LogP contribution in [0.2, 0.25) is 0 Å². The summed E-state index contributed by atoms with van der Waals surface area (Å²) in [6.45, 7) is 8.52. The lowest BCUT2D eigenvalue weighted by atomic mass is 9.64. The second kappa shape index (κ2) is 2.87. The Morgan fingerprint density at radius 1 is 1.46 bits per heavy atom. The number of ketones is 1. The lowest BCUT2D eigenvalue weighted by molar-refractivity contribution is -0.127. The first-order valence-electron chi connectivity index (χ1n) is 4.87. The SMILES string of the molecule is C#CC(=O)[C@]1(C)CC[C@H](C)C1(C)C. The monoisotopic (exact) mass is 178 g/mol. The smallest absolute Gasteiger partial charge is 0.211 e. The molecule has 1 aliphatic rings. The van der Waals surface area contributed by atoms with Gasteiger partial charge < -0.3 is 0 Å². The van der Waals surface area contributed by atoms with Crippen LogP contribution >= 0.6 is 0 Å². The van der Waals surface area contributed by atoms with E-state index in [9.17, 15) is 4.79 Å². The summed E-state index contributed by atoms with van der Waals surface area (Å²) in [7, 11) is 0. The molecule has 0 N–H and O–H groups in total. The van der Waals surface area contributed by atoms with Crippen LogP contribution in [0.25, 0.3) is 0 Å². The van der Waals surface area contributed by atoms with E-state index in [2.05, 4.69) is 26.7 Å². The van der Waals surface area contributed by atoms with Crippen molar-refractivity contribution in [1.82, 2.24) is 0 Å². The Morgan fingerprint density at radius 2 is 2.00 bits per heavy atom. The van der Waals surface area contributed by atoms with Crippen LogP contribution in [-0.2, 0) is 4.79 Å². The molecule has 0 aromatic carbocycles. The van der Waals surface area contributed by atoms with Crippen LogP contribution < -0.4 is 0 Å². The van der Waals surface area contributed by atoms with Crippen LogP contribution in [0.15, 0.2) is 0 Å². The molecule has 1 fully saturated rings. The fraction of sp³-hybridized carbons (Fsp3) is 0.750. The Bertz CT molecular complexity index is 269. The van der Waals surface area contributed by atoms with Crippen LogP contribution in [0.1, 0.15) is 40.5 Å². The predicted molar refractivity (Wildman–Crippen MR) is 54.1 cm³/mol. The van der Waals surface area contributed by atoms with Crippen LogP contribution in [0.4, 0.5) is 0 Å². The van der Waals surface area contributed by atoms with Gasteiger partial charge in [-0.05, 0) is 30.1 Å². The first-order chi connectivity index (χ1) is 5.86. The topological polar surface area (TPSA) is 17.1 Å². The number of hydrogen-bond donors (Lipinski definition) is 0. The molecule has 0 bridgehead atoms. The molecule has 0 radical (unpaired) electrons. The van der Waals surface area contributed by atoms with E-state index in [0.717, 1.165) is 12.8 Å². The molecule has 0 saturated heterocycles. The molecule has 0 amide bonds. The van der Waals surface area contributed by atoms with Crippen molar-refractivity contribution in [3.05, 3.63) is 0 Å². The second-order valence-electron chi connectivity index (χ2n) is 4.97. The average Bonchev–Trinajstić information content (AvgIpc) is 2.29. The van der Waals surface area contributed by atoms with E-state index < -0.39 is 0 Å². The molecule has 1 saturated carbocycles. The van der Waals surface area contributed by atoms with E-state index in [1.165, 1.54) is 0 Å². The Hall–Kier alpha value is -0.770. The minimum Gasteiger partial charge on any atom is -0.284 e. The van der Waals surface area contributed by atoms with Crippen LogP contribution in [-0.4, -0.2) is 5.78 Å². The van der Waals surface area contributed by atoms with E-state index in [0.29, 0.717) is 5.92 Å². The Kier molecular flexibility index (Phi) is 2.28. The van der Waals surface area contributed by atoms with E-state index >= 15 is 0 Å². The molecular formula is C12H18O. The van der Waals surface area contributed by atoms with Crippen molar-refractivity contribution >= 4 is 5.78 Å². The van der Waals surface area contributed by atoms with Crippen LogP contribution in [0.5, 0.6) is 0 Å². The molecular weight excluding hydrogens is 160 g/mol. The quantitative estimate of drug-likeness (QED) is 0.445. The third-order valence-corrected chi connectivity index (χ3v) is 4.36. The highest BCUT2D eigenvalue weighted by molar-refractivity contribution is 6.00.